The van der Waals surface area contributed by atoms with Crippen LogP contribution in [-0.2, 0) is 16.1 Å². The maximum absolute atomic E-state index is 12.6. The topological polar surface area (TPSA) is 69.7 Å². The van der Waals surface area contributed by atoms with Gasteiger partial charge in [0.2, 0.25) is 0 Å². The Hall–Kier alpha value is -3.15. The molecule has 1 fully saturated rings. The number of hydrogen-bond donors (Lipinski definition) is 1. The zero-order chi connectivity index (χ0) is 20.8. The second-order valence-corrected chi connectivity index (χ2v) is 7.65. The van der Waals surface area contributed by atoms with E-state index in [1.165, 1.54) is 4.90 Å². The number of benzene rings is 2. The normalized spacial score (nSPS) is 14.3. The number of piperidine rings is 1. The summed E-state index contributed by atoms with van der Waals surface area (Å²) < 4.78 is 0. The Bertz CT molecular complexity index is 857. The van der Waals surface area contributed by atoms with Crippen molar-refractivity contribution in [2.75, 3.05) is 25.5 Å². The number of likely N-dealkylation sites (N-methyl/N-ethyl adjacent to an activating group) is 1. The van der Waals surface area contributed by atoms with Crippen LogP contribution in [0.2, 0.25) is 0 Å². The van der Waals surface area contributed by atoms with Crippen molar-refractivity contribution in [3.63, 3.8) is 0 Å². The number of carbonyl (C=O) groups is 3. The van der Waals surface area contributed by atoms with Gasteiger partial charge in [0.25, 0.3) is 5.91 Å². The van der Waals surface area contributed by atoms with Crippen LogP contribution in [0.25, 0.3) is 0 Å². The van der Waals surface area contributed by atoms with Gasteiger partial charge < -0.3 is 15.1 Å². The average Bonchev–Trinajstić information content (AvgIpc) is 2.74. The summed E-state index contributed by atoms with van der Waals surface area (Å²) in [5, 5.41) is 2.60. The van der Waals surface area contributed by atoms with E-state index in [2.05, 4.69) is 12.2 Å². The number of carbonyl (C=O) groups excluding carboxylic acids is 3. The molecule has 6 heteroatoms. The van der Waals surface area contributed by atoms with Crippen LogP contribution < -0.4 is 5.32 Å². The fourth-order valence-corrected chi connectivity index (χ4v) is 3.38. The highest BCUT2D eigenvalue weighted by Gasteiger charge is 2.22. The molecule has 0 aromatic heterocycles. The molecule has 3 amide bonds. The first-order chi connectivity index (χ1) is 13.9. The van der Waals surface area contributed by atoms with Crippen molar-refractivity contribution < 1.29 is 14.4 Å². The van der Waals surface area contributed by atoms with Crippen molar-refractivity contribution in [2.24, 2.45) is 5.92 Å². The zero-order valence-corrected chi connectivity index (χ0v) is 16.9. The summed E-state index contributed by atoms with van der Waals surface area (Å²) in [6, 6.07) is 16.2. The highest BCUT2D eigenvalue weighted by Crippen LogP contribution is 2.19. The van der Waals surface area contributed by atoms with E-state index in [1.54, 1.807) is 31.3 Å². The lowest BCUT2D eigenvalue weighted by Gasteiger charge is -2.30. The Balaban J connectivity index is 1.55. The molecule has 0 saturated carbocycles. The first-order valence-electron chi connectivity index (χ1n) is 9.93. The number of likely N-dealkylation sites (tertiary alicyclic amines) is 1. The minimum atomic E-state index is -0.701. The van der Waals surface area contributed by atoms with Crippen molar-refractivity contribution >= 4 is 23.4 Å². The molecule has 1 aliphatic heterocycles. The molecular formula is C23H27N3O3. The number of amides is 3. The van der Waals surface area contributed by atoms with E-state index in [0.717, 1.165) is 31.5 Å². The molecule has 29 heavy (non-hydrogen) atoms. The Kier molecular flexibility index (Phi) is 6.65. The molecule has 1 saturated heterocycles. The van der Waals surface area contributed by atoms with Crippen molar-refractivity contribution in [3.05, 3.63) is 65.7 Å². The molecule has 6 nitrogen and oxygen atoms in total. The van der Waals surface area contributed by atoms with Crippen LogP contribution in [0.5, 0.6) is 0 Å². The first kappa shape index (κ1) is 20.6. The van der Waals surface area contributed by atoms with E-state index in [4.69, 9.17) is 0 Å². The van der Waals surface area contributed by atoms with E-state index in [-0.39, 0.29) is 5.91 Å². The van der Waals surface area contributed by atoms with Crippen LogP contribution >= 0.6 is 0 Å². The molecule has 152 valence electrons. The predicted octanol–water partition coefficient (Wildman–Crippen LogP) is 3.16. The van der Waals surface area contributed by atoms with Crippen LogP contribution in [0.15, 0.2) is 54.6 Å². The van der Waals surface area contributed by atoms with E-state index >= 15 is 0 Å². The minimum Gasteiger partial charge on any atom is -0.339 e. The lowest BCUT2D eigenvalue weighted by atomic mass is 9.98. The van der Waals surface area contributed by atoms with E-state index in [9.17, 15) is 14.4 Å². The van der Waals surface area contributed by atoms with E-state index in [1.807, 2.05) is 35.2 Å². The Morgan fingerprint density at radius 3 is 2.24 bits per heavy atom. The third-order valence-corrected chi connectivity index (χ3v) is 5.26. The van der Waals surface area contributed by atoms with Gasteiger partial charge in [0.05, 0.1) is 0 Å². The second-order valence-electron chi connectivity index (χ2n) is 7.65. The zero-order valence-electron chi connectivity index (χ0n) is 16.9. The number of nitrogens with one attached hydrogen (secondary N) is 1. The SMILES string of the molecule is CC1CCN(C(=O)c2ccc(NC(=O)C(=O)N(C)Cc3ccccc3)cc2)CC1. The highest BCUT2D eigenvalue weighted by molar-refractivity contribution is 6.39. The quantitative estimate of drug-likeness (QED) is 0.812. The number of rotatable bonds is 4. The van der Waals surface area contributed by atoms with E-state index in [0.29, 0.717) is 23.7 Å². The van der Waals surface area contributed by atoms with Gasteiger partial charge in [-0.05, 0) is 48.6 Å². The smallest absolute Gasteiger partial charge is 0.313 e. The summed E-state index contributed by atoms with van der Waals surface area (Å²) in [5.74, 6) is -0.647. The van der Waals surface area contributed by atoms with Crippen LogP contribution in [0.4, 0.5) is 5.69 Å². The molecule has 0 aliphatic carbocycles. The van der Waals surface area contributed by atoms with Gasteiger partial charge in [-0.15, -0.1) is 0 Å². The number of hydrogen-bond acceptors (Lipinski definition) is 3. The monoisotopic (exact) mass is 393 g/mol. The van der Waals surface area contributed by atoms with E-state index < -0.39 is 11.8 Å². The molecule has 3 rings (SSSR count). The molecule has 1 aliphatic rings. The summed E-state index contributed by atoms with van der Waals surface area (Å²) in [6.45, 7) is 4.12. The van der Waals surface area contributed by atoms with Gasteiger partial charge in [0, 0.05) is 37.9 Å². The van der Waals surface area contributed by atoms with Crippen LogP contribution in [-0.4, -0.2) is 47.7 Å². The van der Waals surface area contributed by atoms with Gasteiger partial charge in [-0.25, -0.2) is 0 Å². The third-order valence-electron chi connectivity index (χ3n) is 5.26. The third kappa shape index (κ3) is 5.44. The molecule has 0 unspecified atom stereocenters. The van der Waals surface area contributed by atoms with Gasteiger partial charge in [0.1, 0.15) is 0 Å². The number of anilines is 1. The molecule has 0 radical (unpaired) electrons. The molecule has 1 N–H and O–H groups in total. The van der Waals surface area contributed by atoms with Crippen molar-refractivity contribution in [2.45, 2.75) is 26.3 Å². The Morgan fingerprint density at radius 2 is 1.62 bits per heavy atom. The van der Waals surface area contributed by atoms with Crippen LogP contribution in [0.1, 0.15) is 35.7 Å². The maximum Gasteiger partial charge on any atom is 0.313 e. The molecule has 0 bridgehead atoms. The Morgan fingerprint density at radius 1 is 1.00 bits per heavy atom. The van der Waals surface area contributed by atoms with Gasteiger partial charge >= 0.3 is 11.8 Å². The summed E-state index contributed by atoms with van der Waals surface area (Å²) in [4.78, 5) is 40.4. The summed E-state index contributed by atoms with van der Waals surface area (Å²) in [6.07, 6.45) is 2.05. The van der Waals surface area contributed by atoms with Crippen LogP contribution in [0, 0.1) is 5.92 Å². The van der Waals surface area contributed by atoms with Gasteiger partial charge in [-0.3, -0.25) is 14.4 Å². The second kappa shape index (κ2) is 9.37. The molecule has 2 aromatic rings. The van der Waals surface area contributed by atoms with Crippen molar-refractivity contribution in [3.8, 4) is 0 Å². The fourth-order valence-electron chi connectivity index (χ4n) is 3.38. The first-order valence-corrected chi connectivity index (χ1v) is 9.93. The van der Waals surface area contributed by atoms with Gasteiger partial charge in [-0.1, -0.05) is 37.3 Å². The van der Waals surface area contributed by atoms with Gasteiger partial charge in [-0.2, -0.15) is 0 Å². The highest BCUT2D eigenvalue weighted by atomic mass is 16.2. The molecule has 0 atom stereocenters. The predicted molar refractivity (Wildman–Crippen MR) is 112 cm³/mol. The van der Waals surface area contributed by atoms with Crippen molar-refractivity contribution in [1.29, 1.82) is 0 Å². The lowest BCUT2D eigenvalue weighted by Crippen LogP contribution is -2.38. The molecular weight excluding hydrogens is 366 g/mol. The maximum atomic E-state index is 12.6. The average molecular weight is 393 g/mol. The lowest BCUT2D eigenvalue weighted by molar-refractivity contribution is -0.142. The molecule has 0 spiro atoms. The van der Waals surface area contributed by atoms with Gasteiger partial charge in [0.15, 0.2) is 0 Å². The van der Waals surface area contributed by atoms with Crippen LogP contribution in [0.3, 0.4) is 0 Å². The molecule has 2 aromatic carbocycles. The molecule has 1 heterocycles. The fraction of sp³-hybridized carbons (Fsp3) is 0.348. The largest absolute Gasteiger partial charge is 0.339 e. The van der Waals surface area contributed by atoms with Crippen molar-refractivity contribution in [1.82, 2.24) is 9.80 Å². The minimum absolute atomic E-state index is 0.00782. The Labute approximate surface area is 171 Å². The summed E-state index contributed by atoms with van der Waals surface area (Å²) >= 11 is 0. The summed E-state index contributed by atoms with van der Waals surface area (Å²) in [5.41, 5.74) is 2.02. The summed E-state index contributed by atoms with van der Waals surface area (Å²) in [7, 11) is 1.59. The number of nitrogens with zero attached hydrogens (tertiary/aromatic N) is 2. The standard InChI is InChI=1S/C23H27N3O3/c1-17-12-14-26(15-13-17)22(28)19-8-10-20(11-9-19)24-21(27)23(29)25(2)16-18-6-4-3-5-7-18/h3-11,17H,12-16H2,1-2H3,(H,24,27).